The summed E-state index contributed by atoms with van der Waals surface area (Å²) in [7, 11) is 0. The minimum atomic E-state index is -0.00399. The SMILES string of the molecule is O=C1NCCn2cc(-c3cccc4cccnc34)cc21. The van der Waals surface area contributed by atoms with Crippen LogP contribution in [0.2, 0.25) is 0 Å². The van der Waals surface area contributed by atoms with Crippen molar-refractivity contribution in [1.82, 2.24) is 14.9 Å². The van der Waals surface area contributed by atoms with Crippen LogP contribution in [0.1, 0.15) is 10.5 Å². The smallest absolute Gasteiger partial charge is 0.267 e. The third-order valence-electron chi connectivity index (χ3n) is 3.71. The molecule has 4 nitrogen and oxygen atoms in total. The van der Waals surface area contributed by atoms with Gasteiger partial charge in [-0.25, -0.2) is 0 Å². The first kappa shape index (κ1) is 11.2. The van der Waals surface area contributed by atoms with Gasteiger partial charge < -0.3 is 9.88 Å². The van der Waals surface area contributed by atoms with Crippen molar-refractivity contribution in [2.75, 3.05) is 6.54 Å². The van der Waals surface area contributed by atoms with Crippen molar-refractivity contribution in [3.05, 3.63) is 54.5 Å². The summed E-state index contributed by atoms with van der Waals surface area (Å²) in [4.78, 5) is 16.3. The standard InChI is InChI=1S/C16H13N3O/c20-16-14-9-12(10-19(14)8-7-18-16)13-5-1-3-11-4-2-6-17-15(11)13/h1-6,9-10H,7-8H2,(H,18,20). The second-order valence-corrected chi connectivity index (χ2v) is 4.94. The molecule has 0 saturated heterocycles. The highest BCUT2D eigenvalue weighted by Gasteiger charge is 2.18. The second-order valence-electron chi connectivity index (χ2n) is 4.94. The van der Waals surface area contributed by atoms with E-state index in [1.807, 2.05) is 29.0 Å². The first-order chi connectivity index (χ1) is 9.83. The largest absolute Gasteiger partial charge is 0.349 e. The Bertz CT molecular complexity index is 814. The van der Waals surface area contributed by atoms with Crippen molar-refractivity contribution in [3.8, 4) is 11.1 Å². The summed E-state index contributed by atoms with van der Waals surface area (Å²) < 4.78 is 2.01. The molecule has 0 aliphatic carbocycles. The fraction of sp³-hybridized carbons (Fsp3) is 0.125. The zero-order valence-corrected chi connectivity index (χ0v) is 10.8. The summed E-state index contributed by atoms with van der Waals surface area (Å²) in [5.74, 6) is -0.00399. The Morgan fingerprint density at radius 3 is 3.00 bits per heavy atom. The van der Waals surface area contributed by atoms with Crippen LogP contribution in [-0.2, 0) is 6.54 Å². The lowest BCUT2D eigenvalue weighted by Gasteiger charge is -2.14. The van der Waals surface area contributed by atoms with E-state index < -0.39 is 0 Å². The summed E-state index contributed by atoms with van der Waals surface area (Å²) in [6.07, 6.45) is 3.84. The maximum Gasteiger partial charge on any atom is 0.267 e. The molecule has 0 spiro atoms. The summed E-state index contributed by atoms with van der Waals surface area (Å²) in [5, 5.41) is 3.97. The summed E-state index contributed by atoms with van der Waals surface area (Å²) in [5.41, 5.74) is 3.80. The van der Waals surface area contributed by atoms with Gasteiger partial charge in [0.05, 0.1) is 5.52 Å². The Labute approximate surface area is 116 Å². The van der Waals surface area contributed by atoms with Crippen LogP contribution >= 0.6 is 0 Å². The number of pyridine rings is 1. The highest BCUT2D eigenvalue weighted by atomic mass is 16.2. The molecular weight excluding hydrogens is 250 g/mol. The van der Waals surface area contributed by atoms with Crippen LogP contribution < -0.4 is 5.32 Å². The quantitative estimate of drug-likeness (QED) is 0.733. The maximum atomic E-state index is 11.8. The Balaban J connectivity index is 1.94. The molecule has 3 aromatic rings. The van der Waals surface area contributed by atoms with Crippen LogP contribution in [0.4, 0.5) is 0 Å². The van der Waals surface area contributed by atoms with Crippen molar-refractivity contribution in [2.45, 2.75) is 6.54 Å². The molecule has 20 heavy (non-hydrogen) atoms. The molecule has 0 radical (unpaired) electrons. The summed E-state index contributed by atoms with van der Waals surface area (Å²) in [6, 6.07) is 12.1. The zero-order valence-electron chi connectivity index (χ0n) is 10.8. The zero-order chi connectivity index (χ0) is 13.5. The van der Waals surface area contributed by atoms with E-state index >= 15 is 0 Å². The lowest BCUT2D eigenvalue weighted by molar-refractivity contribution is 0.0928. The second kappa shape index (κ2) is 4.20. The van der Waals surface area contributed by atoms with Crippen LogP contribution in [0.3, 0.4) is 0 Å². The van der Waals surface area contributed by atoms with Crippen LogP contribution in [0.25, 0.3) is 22.0 Å². The average Bonchev–Trinajstić information content (AvgIpc) is 2.92. The summed E-state index contributed by atoms with van der Waals surface area (Å²) >= 11 is 0. The van der Waals surface area contributed by atoms with E-state index in [1.54, 1.807) is 6.20 Å². The normalized spacial score (nSPS) is 14.1. The highest BCUT2D eigenvalue weighted by molar-refractivity contribution is 5.98. The van der Waals surface area contributed by atoms with Gasteiger partial charge in [-0.1, -0.05) is 24.3 Å². The maximum absolute atomic E-state index is 11.8. The molecule has 98 valence electrons. The first-order valence-electron chi connectivity index (χ1n) is 6.65. The third-order valence-corrected chi connectivity index (χ3v) is 3.71. The van der Waals surface area contributed by atoms with Gasteiger partial charge in [0, 0.05) is 42.0 Å². The fourth-order valence-electron chi connectivity index (χ4n) is 2.75. The lowest BCUT2D eigenvalue weighted by Crippen LogP contribution is -2.34. The minimum absolute atomic E-state index is 0.00399. The minimum Gasteiger partial charge on any atom is -0.349 e. The van der Waals surface area contributed by atoms with Crippen LogP contribution in [-0.4, -0.2) is 22.0 Å². The Morgan fingerprint density at radius 1 is 1.20 bits per heavy atom. The number of rotatable bonds is 1. The van der Waals surface area contributed by atoms with Crippen molar-refractivity contribution in [2.24, 2.45) is 0 Å². The van der Waals surface area contributed by atoms with Crippen molar-refractivity contribution in [3.63, 3.8) is 0 Å². The molecule has 0 saturated carbocycles. The Hall–Kier alpha value is -2.62. The number of carbonyl (C=O) groups excluding carboxylic acids is 1. The average molecular weight is 263 g/mol. The molecule has 0 atom stereocenters. The van der Waals surface area contributed by atoms with E-state index in [4.69, 9.17) is 0 Å². The number of hydrogen-bond donors (Lipinski definition) is 1. The van der Waals surface area contributed by atoms with Gasteiger partial charge in [-0.3, -0.25) is 9.78 Å². The van der Waals surface area contributed by atoms with Gasteiger partial charge in [-0.2, -0.15) is 0 Å². The Morgan fingerprint density at radius 2 is 2.10 bits per heavy atom. The Kier molecular flexibility index (Phi) is 2.36. The predicted molar refractivity (Wildman–Crippen MR) is 77.5 cm³/mol. The number of benzene rings is 1. The molecule has 1 aliphatic rings. The fourth-order valence-corrected chi connectivity index (χ4v) is 2.75. The van der Waals surface area contributed by atoms with Gasteiger partial charge in [-0.15, -0.1) is 0 Å². The molecule has 0 fully saturated rings. The van der Waals surface area contributed by atoms with E-state index in [9.17, 15) is 4.79 Å². The number of hydrogen-bond acceptors (Lipinski definition) is 2. The molecule has 1 N–H and O–H groups in total. The lowest BCUT2D eigenvalue weighted by atomic mass is 10.0. The number of nitrogens with one attached hydrogen (secondary N) is 1. The third kappa shape index (κ3) is 1.61. The van der Waals surface area contributed by atoms with Crippen molar-refractivity contribution in [1.29, 1.82) is 0 Å². The van der Waals surface area contributed by atoms with Crippen molar-refractivity contribution < 1.29 is 4.79 Å². The molecular formula is C16H13N3O. The van der Waals surface area contributed by atoms with Crippen molar-refractivity contribution >= 4 is 16.8 Å². The number of para-hydroxylation sites is 1. The summed E-state index contributed by atoms with van der Waals surface area (Å²) in [6.45, 7) is 1.51. The van der Waals surface area contributed by atoms with Crippen LogP contribution in [0, 0.1) is 0 Å². The molecule has 1 aliphatic heterocycles. The molecule has 3 heterocycles. The first-order valence-corrected chi connectivity index (χ1v) is 6.65. The van der Waals surface area contributed by atoms with Gasteiger partial charge in [0.15, 0.2) is 0 Å². The molecule has 2 aromatic heterocycles. The number of nitrogens with zero attached hydrogens (tertiary/aromatic N) is 2. The van der Waals surface area contributed by atoms with Gasteiger partial charge in [0.2, 0.25) is 0 Å². The van der Waals surface area contributed by atoms with E-state index in [1.165, 1.54) is 0 Å². The number of carbonyl (C=O) groups is 1. The predicted octanol–water partition coefficient (Wildman–Crippen LogP) is 2.45. The van der Waals surface area contributed by atoms with Gasteiger partial charge in [0.1, 0.15) is 5.69 Å². The molecule has 0 bridgehead atoms. The number of fused-ring (bicyclic) bond motifs is 2. The monoisotopic (exact) mass is 263 g/mol. The van der Waals surface area contributed by atoms with E-state index in [2.05, 4.69) is 28.5 Å². The van der Waals surface area contributed by atoms with E-state index in [0.717, 1.165) is 34.3 Å². The number of aromatic nitrogens is 2. The van der Waals surface area contributed by atoms with Gasteiger partial charge in [0.25, 0.3) is 5.91 Å². The molecule has 0 unspecified atom stereocenters. The van der Waals surface area contributed by atoms with Crippen LogP contribution in [0.5, 0.6) is 0 Å². The van der Waals surface area contributed by atoms with E-state index in [-0.39, 0.29) is 5.91 Å². The molecule has 1 aromatic carbocycles. The van der Waals surface area contributed by atoms with Gasteiger partial charge >= 0.3 is 0 Å². The topological polar surface area (TPSA) is 46.9 Å². The number of amides is 1. The van der Waals surface area contributed by atoms with Crippen LogP contribution in [0.15, 0.2) is 48.8 Å². The van der Waals surface area contributed by atoms with Gasteiger partial charge in [-0.05, 0) is 12.1 Å². The molecule has 4 rings (SSSR count). The molecule has 4 heteroatoms. The molecule has 1 amide bonds. The van der Waals surface area contributed by atoms with E-state index in [0.29, 0.717) is 6.54 Å². The highest BCUT2D eigenvalue weighted by Crippen LogP contribution is 2.29.